The Hall–Kier alpha value is -1.06. The molecule has 1 aromatic rings. The maximum atomic E-state index is 5.83. The topological polar surface area (TPSA) is 30.5 Å². The SMILES string of the molecule is c1cc2c(cc1OCCNC1CCOCC1)CCC2. The van der Waals surface area contributed by atoms with Crippen LogP contribution in [0.4, 0.5) is 0 Å². The van der Waals surface area contributed by atoms with Gasteiger partial charge in [0.05, 0.1) is 0 Å². The molecule has 1 fully saturated rings. The van der Waals surface area contributed by atoms with Gasteiger partial charge in [-0.1, -0.05) is 6.07 Å². The van der Waals surface area contributed by atoms with E-state index in [1.165, 1.54) is 30.4 Å². The molecule has 1 heterocycles. The molecule has 1 aliphatic heterocycles. The van der Waals surface area contributed by atoms with Crippen molar-refractivity contribution in [2.75, 3.05) is 26.4 Å². The molecule has 0 amide bonds. The average Bonchev–Trinajstić information content (AvgIpc) is 2.92. The summed E-state index contributed by atoms with van der Waals surface area (Å²) in [6.07, 6.45) is 6.00. The third-order valence-electron chi connectivity index (χ3n) is 4.10. The fourth-order valence-electron chi connectivity index (χ4n) is 2.97. The molecule has 1 aromatic carbocycles. The van der Waals surface area contributed by atoms with Gasteiger partial charge in [0.15, 0.2) is 0 Å². The first-order chi connectivity index (χ1) is 9.42. The molecule has 0 bridgehead atoms. The summed E-state index contributed by atoms with van der Waals surface area (Å²) in [5.41, 5.74) is 2.99. The van der Waals surface area contributed by atoms with Crippen molar-refractivity contribution < 1.29 is 9.47 Å². The maximum absolute atomic E-state index is 5.83. The highest BCUT2D eigenvalue weighted by molar-refractivity contribution is 5.38. The molecule has 3 rings (SSSR count). The molecule has 3 heteroatoms. The lowest BCUT2D eigenvalue weighted by atomic mass is 10.1. The molecule has 1 aliphatic carbocycles. The molecule has 0 spiro atoms. The van der Waals surface area contributed by atoms with Crippen molar-refractivity contribution in [3.8, 4) is 5.75 Å². The lowest BCUT2D eigenvalue weighted by Crippen LogP contribution is -2.37. The number of hydrogen-bond acceptors (Lipinski definition) is 3. The number of aryl methyl sites for hydroxylation is 2. The van der Waals surface area contributed by atoms with Gasteiger partial charge in [0, 0.05) is 25.8 Å². The Morgan fingerprint density at radius 1 is 1.16 bits per heavy atom. The Kier molecular flexibility index (Phi) is 4.36. The number of nitrogens with one attached hydrogen (secondary N) is 1. The van der Waals surface area contributed by atoms with Gasteiger partial charge in [0.2, 0.25) is 0 Å². The van der Waals surface area contributed by atoms with Crippen LogP contribution in [0.2, 0.25) is 0 Å². The fraction of sp³-hybridized carbons (Fsp3) is 0.625. The van der Waals surface area contributed by atoms with E-state index in [0.717, 1.165) is 45.0 Å². The third kappa shape index (κ3) is 3.48. The van der Waals surface area contributed by atoms with Gasteiger partial charge in [-0.25, -0.2) is 0 Å². The van der Waals surface area contributed by atoms with Crippen molar-refractivity contribution in [2.24, 2.45) is 0 Å². The Morgan fingerprint density at radius 2 is 2.00 bits per heavy atom. The molecular formula is C16H23NO2. The standard InChI is InChI=1S/C16H23NO2/c1-2-13-4-5-16(12-14(13)3-1)19-11-8-17-15-6-9-18-10-7-15/h4-5,12,15,17H,1-3,6-11H2. The van der Waals surface area contributed by atoms with Crippen LogP contribution < -0.4 is 10.1 Å². The molecule has 2 aliphatic rings. The van der Waals surface area contributed by atoms with Crippen LogP contribution in [-0.4, -0.2) is 32.4 Å². The molecule has 0 aromatic heterocycles. The van der Waals surface area contributed by atoms with Gasteiger partial charge in [0.25, 0.3) is 0 Å². The van der Waals surface area contributed by atoms with E-state index in [2.05, 4.69) is 23.5 Å². The highest BCUT2D eigenvalue weighted by atomic mass is 16.5. The van der Waals surface area contributed by atoms with Gasteiger partial charge < -0.3 is 14.8 Å². The van der Waals surface area contributed by atoms with E-state index in [-0.39, 0.29) is 0 Å². The lowest BCUT2D eigenvalue weighted by Gasteiger charge is -2.23. The molecule has 3 nitrogen and oxygen atoms in total. The van der Waals surface area contributed by atoms with E-state index < -0.39 is 0 Å². The zero-order chi connectivity index (χ0) is 12.9. The predicted molar refractivity (Wildman–Crippen MR) is 75.8 cm³/mol. The summed E-state index contributed by atoms with van der Waals surface area (Å²) in [7, 11) is 0. The van der Waals surface area contributed by atoms with E-state index in [1.807, 2.05) is 0 Å². The molecular weight excluding hydrogens is 238 g/mol. The van der Waals surface area contributed by atoms with Gasteiger partial charge in [-0.2, -0.15) is 0 Å². The monoisotopic (exact) mass is 261 g/mol. The quantitative estimate of drug-likeness (QED) is 0.825. The summed E-state index contributed by atoms with van der Waals surface area (Å²) in [5.74, 6) is 1.02. The highest BCUT2D eigenvalue weighted by Crippen LogP contribution is 2.25. The largest absolute Gasteiger partial charge is 0.492 e. The molecule has 1 saturated heterocycles. The average molecular weight is 261 g/mol. The first-order valence-electron chi connectivity index (χ1n) is 7.47. The molecule has 104 valence electrons. The zero-order valence-electron chi connectivity index (χ0n) is 11.5. The smallest absolute Gasteiger partial charge is 0.119 e. The minimum atomic E-state index is 0.609. The molecule has 0 unspecified atom stereocenters. The van der Waals surface area contributed by atoms with Gasteiger partial charge in [-0.05, 0) is 55.4 Å². The number of fused-ring (bicyclic) bond motifs is 1. The van der Waals surface area contributed by atoms with Gasteiger partial charge in [-0.15, -0.1) is 0 Å². The van der Waals surface area contributed by atoms with Crippen LogP contribution in [0.3, 0.4) is 0 Å². The molecule has 1 N–H and O–H groups in total. The number of ether oxygens (including phenoxy) is 2. The maximum Gasteiger partial charge on any atom is 0.119 e. The first kappa shape index (κ1) is 12.9. The zero-order valence-corrected chi connectivity index (χ0v) is 11.5. The van der Waals surface area contributed by atoms with Crippen LogP contribution in [0.25, 0.3) is 0 Å². The summed E-state index contributed by atoms with van der Waals surface area (Å²) >= 11 is 0. The van der Waals surface area contributed by atoms with Gasteiger partial charge in [0.1, 0.15) is 12.4 Å². The van der Waals surface area contributed by atoms with Crippen LogP contribution in [0.15, 0.2) is 18.2 Å². The Bertz CT molecular complexity index is 413. The summed E-state index contributed by atoms with van der Waals surface area (Å²) in [5, 5.41) is 3.54. The Morgan fingerprint density at radius 3 is 2.89 bits per heavy atom. The minimum absolute atomic E-state index is 0.609. The summed E-state index contributed by atoms with van der Waals surface area (Å²) < 4.78 is 11.2. The van der Waals surface area contributed by atoms with Crippen LogP contribution in [0, 0.1) is 0 Å². The molecule has 0 saturated carbocycles. The molecule has 19 heavy (non-hydrogen) atoms. The van der Waals surface area contributed by atoms with Crippen molar-refractivity contribution in [1.29, 1.82) is 0 Å². The van der Waals surface area contributed by atoms with E-state index >= 15 is 0 Å². The van der Waals surface area contributed by atoms with E-state index in [4.69, 9.17) is 9.47 Å². The summed E-state index contributed by atoms with van der Waals surface area (Å²) in [6.45, 7) is 3.45. The Balaban J connectivity index is 1.40. The van der Waals surface area contributed by atoms with E-state index in [9.17, 15) is 0 Å². The molecule has 0 radical (unpaired) electrons. The minimum Gasteiger partial charge on any atom is -0.492 e. The lowest BCUT2D eigenvalue weighted by molar-refractivity contribution is 0.0770. The molecule has 0 atom stereocenters. The van der Waals surface area contributed by atoms with Gasteiger partial charge >= 0.3 is 0 Å². The Labute approximate surface area is 115 Å². The van der Waals surface area contributed by atoms with Crippen molar-refractivity contribution >= 4 is 0 Å². The van der Waals surface area contributed by atoms with Crippen molar-refractivity contribution in [3.05, 3.63) is 29.3 Å². The van der Waals surface area contributed by atoms with Crippen LogP contribution in [0.5, 0.6) is 5.75 Å². The number of hydrogen-bond donors (Lipinski definition) is 1. The summed E-state index contributed by atoms with van der Waals surface area (Å²) in [4.78, 5) is 0. The second-order valence-corrected chi connectivity index (χ2v) is 5.47. The van der Waals surface area contributed by atoms with E-state index in [1.54, 1.807) is 0 Å². The normalized spacial score (nSPS) is 19.4. The van der Waals surface area contributed by atoms with Gasteiger partial charge in [-0.3, -0.25) is 0 Å². The van der Waals surface area contributed by atoms with Crippen molar-refractivity contribution in [1.82, 2.24) is 5.32 Å². The van der Waals surface area contributed by atoms with Crippen molar-refractivity contribution in [3.63, 3.8) is 0 Å². The van der Waals surface area contributed by atoms with Crippen LogP contribution >= 0.6 is 0 Å². The predicted octanol–water partition coefficient (Wildman–Crippen LogP) is 2.32. The van der Waals surface area contributed by atoms with Crippen molar-refractivity contribution in [2.45, 2.75) is 38.1 Å². The van der Waals surface area contributed by atoms with Crippen LogP contribution in [0.1, 0.15) is 30.4 Å². The highest BCUT2D eigenvalue weighted by Gasteiger charge is 2.13. The van der Waals surface area contributed by atoms with Crippen LogP contribution in [-0.2, 0) is 17.6 Å². The second kappa shape index (κ2) is 6.40. The first-order valence-corrected chi connectivity index (χ1v) is 7.47. The third-order valence-corrected chi connectivity index (χ3v) is 4.10. The summed E-state index contributed by atoms with van der Waals surface area (Å²) in [6, 6.07) is 7.16. The fourth-order valence-corrected chi connectivity index (χ4v) is 2.97. The number of rotatable bonds is 5. The second-order valence-electron chi connectivity index (χ2n) is 5.47. The number of benzene rings is 1. The van der Waals surface area contributed by atoms with E-state index in [0.29, 0.717) is 6.04 Å².